The molecule has 2 saturated carbocycles. The molecule has 1 saturated heterocycles. The van der Waals surface area contributed by atoms with Crippen molar-refractivity contribution >= 4 is 16.0 Å². The van der Waals surface area contributed by atoms with Gasteiger partial charge in [-0.25, -0.2) is 12.7 Å². The van der Waals surface area contributed by atoms with Crippen LogP contribution in [-0.4, -0.2) is 42.6 Å². The second-order valence-corrected chi connectivity index (χ2v) is 8.88. The summed E-state index contributed by atoms with van der Waals surface area (Å²) in [5.41, 5.74) is 0.0349. The summed E-state index contributed by atoms with van der Waals surface area (Å²) < 4.78 is 26.7. The van der Waals surface area contributed by atoms with E-state index in [1.165, 1.54) is 17.1 Å². The van der Waals surface area contributed by atoms with E-state index in [1.54, 1.807) is 0 Å². The fourth-order valence-corrected chi connectivity index (χ4v) is 6.50. The van der Waals surface area contributed by atoms with Gasteiger partial charge in [-0.2, -0.15) is 0 Å². The Hall–Kier alpha value is -0.620. The van der Waals surface area contributed by atoms with E-state index < -0.39 is 16.0 Å². The van der Waals surface area contributed by atoms with E-state index >= 15 is 0 Å². The lowest BCUT2D eigenvalue weighted by atomic mass is 9.87. The minimum atomic E-state index is -3.22. The predicted molar refractivity (Wildman–Crippen MR) is 74.7 cm³/mol. The molecule has 20 heavy (non-hydrogen) atoms. The highest BCUT2D eigenvalue weighted by Gasteiger charge is 2.48. The number of hydrogen-bond acceptors (Lipinski definition) is 3. The molecule has 0 amide bonds. The van der Waals surface area contributed by atoms with Crippen LogP contribution in [0.15, 0.2) is 0 Å². The average Bonchev–Trinajstić information content (AvgIpc) is 2.98. The number of carboxylic acid groups (broad SMARTS) is 1. The maximum atomic E-state index is 12.6. The first kappa shape index (κ1) is 14.3. The number of hydrogen-bond donors (Lipinski definition) is 1. The van der Waals surface area contributed by atoms with Gasteiger partial charge in [-0.3, -0.25) is 4.79 Å². The van der Waals surface area contributed by atoms with Crippen molar-refractivity contribution in [3.8, 4) is 0 Å². The third-order valence-electron chi connectivity index (χ3n) is 5.57. The molecule has 114 valence electrons. The molecule has 5 nitrogen and oxygen atoms in total. The standard InChI is InChI=1S/C14H23NO4S/c16-13(17)12-3-7-15(8-4-12)20(18,19)10-14-5-1-11(9-14)2-6-14/h11-12H,1-10H2,(H,16,17). The predicted octanol–water partition coefficient (Wildman–Crippen LogP) is 1.69. The summed E-state index contributed by atoms with van der Waals surface area (Å²) in [7, 11) is -3.22. The van der Waals surface area contributed by atoms with Crippen molar-refractivity contribution in [2.75, 3.05) is 18.8 Å². The number of sulfonamides is 1. The molecule has 3 rings (SSSR count). The second-order valence-electron chi connectivity index (χ2n) is 6.92. The van der Waals surface area contributed by atoms with Gasteiger partial charge in [0.2, 0.25) is 10.0 Å². The maximum absolute atomic E-state index is 12.6. The van der Waals surface area contributed by atoms with Crippen LogP contribution in [0.2, 0.25) is 0 Å². The first-order valence-electron chi connectivity index (χ1n) is 7.61. The fraction of sp³-hybridized carbons (Fsp3) is 0.929. The van der Waals surface area contributed by atoms with Crippen LogP contribution in [0.5, 0.6) is 0 Å². The summed E-state index contributed by atoms with van der Waals surface area (Å²) in [5, 5.41) is 8.97. The first-order chi connectivity index (χ1) is 9.40. The minimum absolute atomic E-state index is 0.0349. The fourth-order valence-electron chi connectivity index (χ4n) is 4.37. The Bertz CT molecular complexity index is 485. The molecule has 0 aromatic heterocycles. The molecule has 3 fully saturated rings. The van der Waals surface area contributed by atoms with Crippen LogP contribution in [0.4, 0.5) is 0 Å². The van der Waals surface area contributed by atoms with Crippen LogP contribution in [0.1, 0.15) is 44.9 Å². The Kier molecular flexibility index (Phi) is 3.57. The molecule has 0 aromatic rings. The molecular formula is C14H23NO4S. The SMILES string of the molecule is O=C(O)C1CCN(S(=O)(=O)CC23CCC(CC2)C3)CC1. The molecule has 0 radical (unpaired) electrons. The molecule has 0 atom stereocenters. The first-order valence-corrected chi connectivity index (χ1v) is 9.22. The van der Waals surface area contributed by atoms with Crippen molar-refractivity contribution in [1.82, 2.24) is 4.31 Å². The highest BCUT2D eigenvalue weighted by atomic mass is 32.2. The second kappa shape index (κ2) is 4.98. The topological polar surface area (TPSA) is 74.7 Å². The Balaban J connectivity index is 1.63. The number of carbonyl (C=O) groups is 1. The summed E-state index contributed by atoms with van der Waals surface area (Å²) in [6.45, 7) is 0.748. The number of nitrogens with zero attached hydrogens (tertiary/aromatic N) is 1. The molecule has 1 heterocycles. The van der Waals surface area contributed by atoms with E-state index in [2.05, 4.69) is 0 Å². The van der Waals surface area contributed by atoms with Crippen LogP contribution in [0.25, 0.3) is 0 Å². The van der Waals surface area contributed by atoms with E-state index in [9.17, 15) is 13.2 Å². The van der Waals surface area contributed by atoms with Crippen molar-refractivity contribution in [2.24, 2.45) is 17.3 Å². The van der Waals surface area contributed by atoms with Gasteiger partial charge in [0.05, 0.1) is 11.7 Å². The average molecular weight is 301 g/mol. The van der Waals surface area contributed by atoms with E-state index in [0.717, 1.165) is 25.2 Å². The molecule has 2 aliphatic carbocycles. The number of rotatable bonds is 4. The van der Waals surface area contributed by atoms with E-state index in [1.807, 2.05) is 0 Å². The number of carboxylic acids is 1. The summed E-state index contributed by atoms with van der Waals surface area (Å²) in [6.07, 6.45) is 6.48. The van der Waals surface area contributed by atoms with Crippen molar-refractivity contribution < 1.29 is 18.3 Å². The lowest BCUT2D eigenvalue weighted by Gasteiger charge is -2.33. The maximum Gasteiger partial charge on any atom is 0.306 e. The molecule has 1 N–H and O–H groups in total. The quantitative estimate of drug-likeness (QED) is 0.857. The molecule has 1 aliphatic heterocycles. The van der Waals surface area contributed by atoms with Crippen molar-refractivity contribution in [2.45, 2.75) is 44.9 Å². The van der Waals surface area contributed by atoms with Crippen LogP contribution >= 0.6 is 0 Å². The van der Waals surface area contributed by atoms with Gasteiger partial charge in [0.25, 0.3) is 0 Å². The van der Waals surface area contributed by atoms with Gasteiger partial charge in [0, 0.05) is 13.1 Å². The third kappa shape index (κ3) is 2.60. The Morgan fingerprint density at radius 2 is 1.75 bits per heavy atom. The highest BCUT2D eigenvalue weighted by Crippen LogP contribution is 2.54. The van der Waals surface area contributed by atoms with E-state index in [0.29, 0.717) is 25.9 Å². The Morgan fingerprint density at radius 3 is 2.20 bits per heavy atom. The molecule has 3 aliphatic rings. The minimum Gasteiger partial charge on any atom is -0.481 e. The van der Waals surface area contributed by atoms with Gasteiger partial charge in [-0.05, 0) is 56.3 Å². The number of fused-ring (bicyclic) bond motifs is 2. The zero-order valence-corrected chi connectivity index (χ0v) is 12.6. The molecule has 2 bridgehead atoms. The summed E-state index contributed by atoms with van der Waals surface area (Å²) in [6, 6.07) is 0. The van der Waals surface area contributed by atoms with Gasteiger partial charge < -0.3 is 5.11 Å². The van der Waals surface area contributed by atoms with Gasteiger partial charge >= 0.3 is 5.97 Å². The van der Waals surface area contributed by atoms with Crippen molar-refractivity contribution in [1.29, 1.82) is 0 Å². The molecule has 0 spiro atoms. The smallest absolute Gasteiger partial charge is 0.306 e. The van der Waals surface area contributed by atoms with Crippen LogP contribution in [-0.2, 0) is 14.8 Å². The van der Waals surface area contributed by atoms with Gasteiger partial charge in [0.1, 0.15) is 0 Å². The summed E-state index contributed by atoms with van der Waals surface area (Å²) in [5.74, 6) is -0.131. The van der Waals surface area contributed by atoms with Crippen LogP contribution < -0.4 is 0 Å². The van der Waals surface area contributed by atoms with Crippen molar-refractivity contribution in [3.63, 3.8) is 0 Å². The lowest BCUT2D eigenvalue weighted by Crippen LogP contribution is -2.44. The lowest BCUT2D eigenvalue weighted by molar-refractivity contribution is -0.142. The molecule has 0 aromatic carbocycles. The molecule has 6 heteroatoms. The van der Waals surface area contributed by atoms with E-state index in [-0.39, 0.29) is 17.1 Å². The van der Waals surface area contributed by atoms with Crippen molar-refractivity contribution in [3.05, 3.63) is 0 Å². The van der Waals surface area contributed by atoms with Gasteiger partial charge in [-0.1, -0.05) is 0 Å². The van der Waals surface area contributed by atoms with Crippen LogP contribution in [0.3, 0.4) is 0 Å². The number of piperidine rings is 1. The third-order valence-corrected chi connectivity index (χ3v) is 7.70. The normalized spacial score (nSPS) is 35.5. The largest absolute Gasteiger partial charge is 0.481 e. The zero-order valence-electron chi connectivity index (χ0n) is 11.8. The molecule has 0 unspecified atom stereocenters. The number of aliphatic carboxylic acids is 1. The Morgan fingerprint density at radius 1 is 1.15 bits per heavy atom. The summed E-state index contributed by atoms with van der Waals surface area (Å²) in [4.78, 5) is 10.9. The zero-order chi connectivity index (χ0) is 14.4. The highest BCUT2D eigenvalue weighted by molar-refractivity contribution is 7.89. The molecular weight excluding hydrogens is 278 g/mol. The van der Waals surface area contributed by atoms with Gasteiger partial charge in [0.15, 0.2) is 0 Å². The monoisotopic (exact) mass is 301 g/mol. The van der Waals surface area contributed by atoms with Crippen LogP contribution in [0, 0.1) is 17.3 Å². The Labute approximate surface area is 120 Å². The van der Waals surface area contributed by atoms with E-state index in [4.69, 9.17) is 5.11 Å². The summed E-state index contributed by atoms with van der Waals surface area (Å²) >= 11 is 0. The van der Waals surface area contributed by atoms with Gasteiger partial charge in [-0.15, -0.1) is 0 Å².